The van der Waals surface area contributed by atoms with Gasteiger partial charge in [0, 0.05) is 33.2 Å². The standard InChI is InChI=1S/C15H22N2O4/c1-18-15(4-6-19-7-5-15)14(17-16)11-2-3-12-13(10-11)21-9-8-20-12/h2-3,10,14,17H,4-9,16H2,1H3. The van der Waals surface area contributed by atoms with Crippen molar-refractivity contribution in [2.24, 2.45) is 5.84 Å². The zero-order chi connectivity index (χ0) is 14.7. The largest absolute Gasteiger partial charge is 0.486 e. The fourth-order valence-electron chi connectivity index (χ4n) is 3.12. The predicted octanol–water partition coefficient (Wildman–Crippen LogP) is 1.16. The number of fused-ring (bicyclic) bond motifs is 1. The minimum atomic E-state index is -0.364. The number of nitrogens with two attached hydrogens (primary N) is 1. The molecule has 2 aliphatic rings. The molecule has 6 heteroatoms. The van der Waals surface area contributed by atoms with E-state index in [4.69, 9.17) is 24.8 Å². The van der Waals surface area contributed by atoms with Crippen molar-refractivity contribution in [2.75, 3.05) is 33.5 Å². The first-order valence-corrected chi connectivity index (χ1v) is 7.28. The molecule has 6 nitrogen and oxygen atoms in total. The van der Waals surface area contributed by atoms with E-state index in [0.29, 0.717) is 26.4 Å². The normalized spacial score (nSPS) is 21.8. The average Bonchev–Trinajstić information content (AvgIpc) is 2.56. The van der Waals surface area contributed by atoms with E-state index < -0.39 is 0 Å². The van der Waals surface area contributed by atoms with E-state index in [1.807, 2.05) is 18.2 Å². The third-order valence-corrected chi connectivity index (χ3v) is 4.34. The molecule has 1 unspecified atom stereocenters. The summed E-state index contributed by atoms with van der Waals surface area (Å²) in [6.45, 7) is 2.51. The summed E-state index contributed by atoms with van der Waals surface area (Å²) in [5, 5.41) is 0. The van der Waals surface area contributed by atoms with Crippen LogP contribution in [0.15, 0.2) is 18.2 Å². The van der Waals surface area contributed by atoms with E-state index in [0.717, 1.165) is 29.9 Å². The number of hydrogen-bond donors (Lipinski definition) is 2. The van der Waals surface area contributed by atoms with Gasteiger partial charge in [-0.1, -0.05) is 6.07 Å². The van der Waals surface area contributed by atoms with Gasteiger partial charge in [-0.05, 0) is 17.7 Å². The highest BCUT2D eigenvalue weighted by molar-refractivity contribution is 5.45. The third-order valence-electron chi connectivity index (χ3n) is 4.34. The lowest BCUT2D eigenvalue weighted by Crippen LogP contribution is -2.51. The maximum absolute atomic E-state index is 5.84. The van der Waals surface area contributed by atoms with Gasteiger partial charge in [0.25, 0.3) is 0 Å². The van der Waals surface area contributed by atoms with Crippen LogP contribution in [0.2, 0.25) is 0 Å². The number of nitrogens with one attached hydrogen (secondary N) is 1. The third kappa shape index (κ3) is 2.72. The summed E-state index contributed by atoms with van der Waals surface area (Å²) in [6.07, 6.45) is 1.60. The zero-order valence-corrected chi connectivity index (χ0v) is 12.3. The first-order chi connectivity index (χ1) is 10.3. The molecule has 3 N–H and O–H groups in total. The van der Waals surface area contributed by atoms with Crippen molar-refractivity contribution in [3.63, 3.8) is 0 Å². The van der Waals surface area contributed by atoms with Gasteiger partial charge in [0.05, 0.1) is 11.6 Å². The number of ether oxygens (including phenoxy) is 4. The second-order valence-electron chi connectivity index (χ2n) is 5.38. The monoisotopic (exact) mass is 294 g/mol. The summed E-state index contributed by atoms with van der Waals surface area (Å²) in [4.78, 5) is 0. The molecule has 1 fully saturated rings. The van der Waals surface area contributed by atoms with Crippen LogP contribution < -0.4 is 20.7 Å². The molecule has 0 bridgehead atoms. The Morgan fingerprint density at radius 2 is 1.86 bits per heavy atom. The summed E-state index contributed by atoms with van der Waals surface area (Å²) >= 11 is 0. The Bertz CT molecular complexity index is 489. The van der Waals surface area contributed by atoms with E-state index in [1.54, 1.807) is 7.11 Å². The van der Waals surface area contributed by atoms with Crippen molar-refractivity contribution in [1.82, 2.24) is 5.43 Å². The van der Waals surface area contributed by atoms with Crippen molar-refractivity contribution in [1.29, 1.82) is 0 Å². The van der Waals surface area contributed by atoms with Gasteiger partial charge in [-0.2, -0.15) is 0 Å². The molecule has 3 rings (SSSR count). The van der Waals surface area contributed by atoms with Gasteiger partial charge >= 0.3 is 0 Å². The van der Waals surface area contributed by atoms with Crippen LogP contribution in [0.5, 0.6) is 11.5 Å². The van der Waals surface area contributed by atoms with E-state index in [1.165, 1.54) is 0 Å². The molecule has 1 aromatic carbocycles. The maximum Gasteiger partial charge on any atom is 0.161 e. The molecule has 1 saturated heterocycles. The van der Waals surface area contributed by atoms with Crippen molar-refractivity contribution in [3.8, 4) is 11.5 Å². The molecule has 116 valence electrons. The molecule has 0 spiro atoms. The lowest BCUT2D eigenvalue weighted by atomic mass is 9.82. The van der Waals surface area contributed by atoms with Crippen LogP contribution in [0.1, 0.15) is 24.4 Å². The number of methoxy groups -OCH3 is 1. The van der Waals surface area contributed by atoms with Crippen molar-refractivity contribution in [2.45, 2.75) is 24.5 Å². The maximum atomic E-state index is 5.84. The van der Waals surface area contributed by atoms with Crippen LogP contribution in [-0.4, -0.2) is 39.1 Å². The molecule has 0 radical (unpaired) electrons. The Morgan fingerprint density at radius 3 is 2.52 bits per heavy atom. The minimum absolute atomic E-state index is 0.123. The van der Waals surface area contributed by atoms with Gasteiger partial charge in [-0.15, -0.1) is 0 Å². The number of benzene rings is 1. The Hall–Kier alpha value is -1.34. The van der Waals surface area contributed by atoms with Crippen LogP contribution in [0, 0.1) is 0 Å². The van der Waals surface area contributed by atoms with Gasteiger partial charge in [0.15, 0.2) is 11.5 Å². The van der Waals surface area contributed by atoms with Crippen LogP contribution in [0.25, 0.3) is 0 Å². The smallest absolute Gasteiger partial charge is 0.161 e. The van der Waals surface area contributed by atoms with Gasteiger partial charge in [0.2, 0.25) is 0 Å². The van der Waals surface area contributed by atoms with Crippen LogP contribution in [0.4, 0.5) is 0 Å². The summed E-state index contributed by atoms with van der Waals surface area (Å²) in [7, 11) is 1.73. The fourth-order valence-corrected chi connectivity index (χ4v) is 3.12. The highest BCUT2D eigenvalue weighted by atomic mass is 16.6. The zero-order valence-electron chi connectivity index (χ0n) is 12.3. The van der Waals surface area contributed by atoms with Crippen LogP contribution >= 0.6 is 0 Å². The molecule has 2 heterocycles. The van der Waals surface area contributed by atoms with Gasteiger partial charge in [-0.25, -0.2) is 0 Å². The molecule has 21 heavy (non-hydrogen) atoms. The Morgan fingerprint density at radius 1 is 1.14 bits per heavy atom. The number of hydrogen-bond acceptors (Lipinski definition) is 6. The van der Waals surface area contributed by atoms with E-state index in [9.17, 15) is 0 Å². The van der Waals surface area contributed by atoms with Gasteiger partial charge < -0.3 is 18.9 Å². The topological polar surface area (TPSA) is 75.0 Å². The lowest BCUT2D eigenvalue weighted by Gasteiger charge is -2.42. The molecule has 1 atom stereocenters. The average molecular weight is 294 g/mol. The quantitative estimate of drug-likeness (QED) is 0.641. The Balaban J connectivity index is 1.91. The molecule has 0 saturated carbocycles. The molecular formula is C15H22N2O4. The van der Waals surface area contributed by atoms with Crippen molar-refractivity contribution < 1.29 is 18.9 Å². The van der Waals surface area contributed by atoms with Crippen molar-refractivity contribution in [3.05, 3.63) is 23.8 Å². The van der Waals surface area contributed by atoms with E-state index >= 15 is 0 Å². The van der Waals surface area contributed by atoms with Crippen molar-refractivity contribution >= 4 is 0 Å². The summed E-state index contributed by atoms with van der Waals surface area (Å²) in [6, 6.07) is 5.79. The summed E-state index contributed by atoms with van der Waals surface area (Å²) in [5.74, 6) is 7.37. The number of rotatable bonds is 4. The highest BCUT2D eigenvalue weighted by Gasteiger charge is 2.41. The second-order valence-corrected chi connectivity index (χ2v) is 5.38. The molecule has 0 aliphatic carbocycles. The van der Waals surface area contributed by atoms with Gasteiger partial charge in [-0.3, -0.25) is 11.3 Å². The predicted molar refractivity (Wildman–Crippen MR) is 77.3 cm³/mol. The molecule has 0 aromatic heterocycles. The van der Waals surface area contributed by atoms with Crippen LogP contribution in [-0.2, 0) is 9.47 Å². The minimum Gasteiger partial charge on any atom is -0.486 e. The molecule has 1 aromatic rings. The fraction of sp³-hybridized carbons (Fsp3) is 0.600. The molecule has 2 aliphatic heterocycles. The van der Waals surface area contributed by atoms with E-state index in [-0.39, 0.29) is 11.6 Å². The van der Waals surface area contributed by atoms with E-state index in [2.05, 4.69) is 5.43 Å². The first-order valence-electron chi connectivity index (χ1n) is 7.28. The second kappa shape index (κ2) is 6.19. The number of hydrazine groups is 1. The van der Waals surface area contributed by atoms with Crippen LogP contribution in [0.3, 0.4) is 0 Å². The Labute approximate surface area is 124 Å². The summed E-state index contributed by atoms with van der Waals surface area (Å²) < 4.78 is 22.5. The Kier molecular flexibility index (Phi) is 4.30. The highest BCUT2D eigenvalue weighted by Crippen LogP contribution is 2.40. The first kappa shape index (κ1) is 14.6. The summed E-state index contributed by atoms with van der Waals surface area (Å²) in [5.41, 5.74) is 3.58. The lowest BCUT2D eigenvalue weighted by molar-refractivity contribution is -0.111. The SMILES string of the molecule is COC1(C(NN)c2ccc3c(c2)OCCO3)CCOCC1. The molecular weight excluding hydrogens is 272 g/mol. The molecule has 0 amide bonds. The van der Waals surface area contributed by atoms with Gasteiger partial charge in [0.1, 0.15) is 13.2 Å².